The van der Waals surface area contributed by atoms with Crippen molar-refractivity contribution in [2.45, 2.75) is 39.2 Å². The lowest BCUT2D eigenvalue weighted by Gasteiger charge is -2.00. The van der Waals surface area contributed by atoms with E-state index >= 15 is 0 Å². The third-order valence-electron chi connectivity index (χ3n) is 1.34. The zero-order chi connectivity index (χ0) is 8.69. The molecule has 0 rings (SSSR count). The molecule has 0 bridgehead atoms. The summed E-state index contributed by atoms with van der Waals surface area (Å²) in [4.78, 5) is 10.9. The lowest BCUT2D eigenvalue weighted by atomic mass is 10.1. The first-order chi connectivity index (χ1) is 5.16. The van der Waals surface area contributed by atoms with Gasteiger partial charge in [-0.05, 0) is 20.3 Å². The Balaban J connectivity index is 3.43. The molecule has 11 heavy (non-hydrogen) atoms. The number of hydrogen-bond donors (Lipinski definition) is 1. The normalized spacial score (nSPS) is 11.5. The van der Waals surface area contributed by atoms with Gasteiger partial charge in [0.2, 0.25) is 0 Å². The molecule has 0 saturated heterocycles. The number of ketones is 1. The van der Waals surface area contributed by atoms with Gasteiger partial charge in [-0.1, -0.05) is 5.92 Å². The molecule has 0 aromatic heterocycles. The van der Waals surface area contributed by atoms with Gasteiger partial charge in [0.25, 0.3) is 0 Å². The van der Waals surface area contributed by atoms with Gasteiger partial charge >= 0.3 is 0 Å². The number of nitrogens with two attached hydrogens (primary N) is 1. The third-order valence-corrected chi connectivity index (χ3v) is 1.34. The molecule has 0 heterocycles. The maximum absolute atomic E-state index is 10.9. The Labute approximate surface area is 68.2 Å². The highest BCUT2D eigenvalue weighted by Crippen LogP contribution is 1.96. The summed E-state index contributed by atoms with van der Waals surface area (Å²) in [7, 11) is 0. The van der Waals surface area contributed by atoms with E-state index in [1.165, 1.54) is 0 Å². The Hall–Kier alpha value is -0.810. The highest BCUT2D eigenvalue weighted by atomic mass is 16.1. The molecule has 0 fully saturated rings. The summed E-state index contributed by atoms with van der Waals surface area (Å²) in [6.07, 6.45) is 1.71. The van der Waals surface area contributed by atoms with Crippen LogP contribution in [0.2, 0.25) is 0 Å². The molecule has 0 aliphatic carbocycles. The number of rotatable bonds is 4. The van der Waals surface area contributed by atoms with Crippen LogP contribution in [0.3, 0.4) is 0 Å². The van der Waals surface area contributed by atoms with Crippen LogP contribution in [-0.2, 0) is 4.79 Å². The van der Waals surface area contributed by atoms with Crippen LogP contribution >= 0.6 is 0 Å². The van der Waals surface area contributed by atoms with Crippen LogP contribution in [0.25, 0.3) is 0 Å². The van der Waals surface area contributed by atoms with Crippen LogP contribution < -0.4 is 5.73 Å². The quantitative estimate of drug-likeness (QED) is 0.614. The van der Waals surface area contributed by atoms with Crippen LogP contribution in [-0.4, -0.2) is 11.8 Å². The summed E-state index contributed by atoms with van der Waals surface area (Å²) < 4.78 is 0. The van der Waals surface area contributed by atoms with E-state index in [2.05, 4.69) is 11.8 Å². The standard InChI is InChI=1S/C9H15NO/c1-3-4-5-9(11)7-6-8(2)10/h8H,5-7,10H2,1-2H3. The largest absolute Gasteiger partial charge is 0.328 e. The van der Waals surface area contributed by atoms with Gasteiger partial charge in [-0.25, -0.2) is 0 Å². The van der Waals surface area contributed by atoms with Crippen molar-refractivity contribution in [3.8, 4) is 11.8 Å². The predicted molar refractivity (Wildman–Crippen MR) is 46.0 cm³/mol. The van der Waals surface area contributed by atoms with Gasteiger partial charge in [0.1, 0.15) is 5.78 Å². The van der Waals surface area contributed by atoms with E-state index in [0.717, 1.165) is 6.42 Å². The van der Waals surface area contributed by atoms with E-state index in [4.69, 9.17) is 5.73 Å². The van der Waals surface area contributed by atoms with Gasteiger partial charge < -0.3 is 5.73 Å². The zero-order valence-electron chi connectivity index (χ0n) is 7.18. The SMILES string of the molecule is CC#CCC(=O)CCC(C)N. The first-order valence-corrected chi connectivity index (χ1v) is 3.83. The molecular weight excluding hydrogens is 138 g/mol. The molecule has 2 nitrogen and oxygen atoms in total. The molecule has 0 aromatic carbocycles. The molecule has 0 saturated carbocycles. The van der Waals surface area contributed by atoms with Crippen molar-refractivity contribution in [2.75, 3.05) is 0 Å². The minimum atomic E-state index is 0.119. The second kappa shape index (κ2) is 5.94. The molecule has 0 aliphatic rings. The Bertz CT molecular complexity index is 174. The summed E-state index contributed by atoms with van der Waals surface area (Å²) in [5, 5.41) is 0. The van der Waals surface area contributed by atoms with E-state index in [1.54, 1.807) is 6.92 Å². The van der Waals surface area contributed by atoms with Gasteiger partial charge in [-0.15, -0.1) is 5.92 Å². The molecular formula is C9H15NO. The highest BCUT2D eigenvalue weighted by molar-refractivity contribution is 5.80. The Kier molecular flexibility index (Phi) is 5.50. The van der Waals surface area contributed by atoms with Gasteiger partial charge in [0.15, 0.2) is 0 Å². The van der Waals surface area contributed by atoms with E-state index in [9.17, 15) is 4.79 Å². The lowest BCUT2D eigenvalue weighted by molar-refractivity contribution is -0.118. The van der Waals surface area contributed by atoms with Crippen LogP contribution in [0, 0.1) is 11.8 Å². The summed E-state index contributed by atoms with van der Waals surface area (Å²) >= 11 is 0. The molecule has 1 atom stereocenters. The average Bonchev–Trinajstić information content (AvgIpc) is 1.97. The molecule has 0 amide bonds. The Morgan fingerprint density at radius 3 is 2.73 bits per heavy atom. The van der Waals surface area contributed by atoms with E-state index in [0.29, 0.717) is 12.8 Å². The maximum atomic E-state index is 10.9. The fourth-order valence-corrected chi connectivity index (χ4v) is 0.664. The molecule has 2 heteroatoms. The summed E-state index contributed by atoms with van der Waals surface area (Å²) in [5.74, 6) is 5.61. The number of carbonyl (C=O) groups is 1. The van der Waals surface area contributed by atoms with Crippen molar-refractivity contribution in [3.05, 3.63) is 0 Å². The summed E-state index contributed by atoms with van der Waals surface area (Å²) in [5.41, 5.74) is 5.48. The van der Waals surface area contributed by atoms with E-state index in [-0.39, 0.29) is 11.8 Å². The van der Waals surface area contributed by atoms with Gasteiger partial charge in [0.05, 0.1) is 6.42 Å². The number of hydrogen-bond acceptors (Lipinski definition) is 2. The number of Topliss-reactive ketones (excluding diaryl/α,β-unsaturated/α-hetero) is 1. The molecule has 0 aliphatic heterocycles. The van der Waals surface area contributed by atoms with Crippen LogP contribution in [0.4, 0.5) is 0 Å². The second-order valence-electron chi connectivity index (χ2n) is 2.66. The maximum Gasteiger partial charge on any atom is 0.144 e. The smallest absolute Gasteiger partial charge is 0.144 e. The lowest BCUT2D eigenvalue weighted by Crippen LogP contribution is -2.16. The third kappa shape index (κ3) is 7.08. The average molecular weight is 153 g/mol. The second-order valence-corrected chi connectivity index (χ2v) is 2.66. The topological polar surface area (TPSA) is 43.1 Å². The summed E-state index contributed by atoms with van der Waals surface area (Å²) in [6, 6.07) is 0.119. The number of carbonyl (C=O) groups excluding carboxylic acids is 1. The van der Waals surface area contributed by atoms with Crippen LogP contribution in [0.5, 0.6) is 0 Å². The highest BCUT2D eigenvalue weighted by Gasteiger charge is 2.00. The fourth-order valence-electron chi connectivity index (χ4n) is 0.664. The molecule has 0 spiro atoms. The fraction of sp³-hybridized carbons (Fsp3) is 0.667. The van der Waals surface area contributed by atoms with Crippen molar-refractivity contribution in [2.24, 2.45) is 5.73 Å². The van der Waals surface area contributed by atoms with Crippen LogP contribution in [0.15, 0.2) is 0 Å². The first-order valence-electron chi connectivity index (χ1n) is 3.83. The molecule has 0 aromatic rings. The summed E-state index contributed by atoms with van der Waals surface area (Å²) in [6.45, 7) is 3.64. The van der Waals surface area contributed by atoms with E-state index < -0.39 is 0 Å². The van der Waals surface area contributed by atoms with E-state index in [1.807, 2.05) is 6.92 Å². The minimum absolute atomic E-state index is 0.119. The van der Waals surface area contributed by atoms with Crippen molar-refractivity contribution < 1.29 is 4.79 Å². The van der Waals surface area contributed by atoms with Gasteiger partial charge in [0, 0.05) is 12.5 Å². The molecule has 62 valence electrons. The van der Waals surface area contributed by atoms with Gasteiger partial charge in [-0.3, -0.25) is 4.79 Å². The zero-order valence-corrected chi connectivity index (χ0v) is 7.18. The van der Waals surface area contributed by atoms with Crippen molar-refractivity contribution in [3.63, 3.8) is 0 Å². The minimum Gasteiger partial charge on any atom is -0.328 e. The molecule has 1 unspecified atom stereocenters. The van der Waals surface area contributed by atoms with Crippen molar-refractivity contribution in [1.82, 2.24) is 0 Å². The van der Waals surface area contributed by atoms with Crippen LogP contribution in [0.1, 0.15) is 33.1 Å². The Morgan fingerprint density at radius 2 is 2.27 bits per heavy atom. The first kappa shape index (κ1) is 10.2. The monoisotopic (exact) mass is 153 g/mol. The van der Waals surface area contributed by atoms with Crippen molar-refractivity contribution in [1.29, 1.82) is 0 Å². The van der Waals surface area contributed by atoms with Gasteiger partial charge in [-0.2, -0.15) is 0 Å². The predicted octanol–water partition coefficient (Wildman–Crippen LogP) is 1.10. The molecule has 0 radical (unpaired) electrons. The molecule has 2 N–H and O–H groups in total. The van der Waals surface area contributed by atoms with Crippen molar-refractivity contribution >= 4 is 5.78 Å². The Morgan fingerprint density at radius 1 is 1.64 bits per heavy atom.